The first kappa shape index (κ1) is 30.6. The van der Waals surface area contributed by atoms with Crippen LogP contribution in [0.1, 0.15) is 5.56 Å². The molecule has 5 heteroatoms. The van der Waals surface area contributed by atoms with Crippen LogP contribution in [0.15, 0.2) is 126 Å². The van der Waals surface area contributed by atoms with Crippen LogP contribution in [0.3, 0.4) is 0 Å². The van der Waals surface area contributed by atoms with Gasteiger partial charge in [-0.1, -0.05) is 59.5 Å². The van der Waals surface area contributed by atoms with Crippen molar-refractivity contribution >= 4 is 39.6 Å². The van der Waals surface area contributed by atoms with Crippen molar-refractivity contribution in [1.82, 2.24) is 9.97 Å². The van der Waals surface area contributed by atoms with Crippen LogP contribution in [-0.4, -0.2) is 23.2 Å². The van der Waals surface area contributed by atoms with E-state index in [1.54, 1.807) is 0 Å². The van der Waals surface area contributed by atoms with E-state index in [0.717, 1.165) is 50.0 Å². The zero-order valence-corrected chi connectivity index (χ0v) is 29.2. The van der Waals surface area contributed by atoms with Gasteiger partial charge >= 0.3 is 99.8 Å². The molecule has 0 saturated carbocycles. The SMILES string of the molecule is Cc1ccnc(-c2[c-]cc3oc4cc(-c5ccccc5)ccc4c3c2)c1.[CH3][Ge]([CH3])([CH3])[c]1ccc(-c2[c-]cccc2)nc1.[Ir]. The number of hydrogen-bond donors (Lipinski definition) is 0. The first-order valence-corrected chi connectivity index (χ1v) is 21.5. The third kappa shape index (κ3) is 7.05. The molecule has 4 aromatic carbocycles. The van der Waals surface area contributed by atoms with E-state index in [9.17, 15) is 0 Å². The fourth-order valence-electron chi connectivity index (χ4n) is 4.91. The number of fused-ring (bicyclic) bond motifs is 3. The molecule has 3 nitrogen and oxygen atoms in total. The van der Waals surface area contributed by atoms with Crippen molar-refractivity contribution < 1.29 is 24.5 Å². The predicted molar refractivity (Wildman–Crippen MR) is 177 cm³/mol. The summed E-state index contributed by atoms with van der Waals surface area (Å²) in [5.41, 5.74) is 9.26. The molecule has 3 aromatic heterocycles. The van der Waals surface area contributed by atoms with Gasteiger partial charge in [0.15, 0.2) is 0 Å². The van der Waals surface area contributed by atoms with E-state index >= 15 is 0 Å². The average Bonchev–Trinajstić information content (AvgIpc) is 3.39. The summed E-state index contributed by atoms with van der Waals surface area (Å²) in [6.07, 6.45) is 3.87. The smallest absolute Gasteiger partial charge is 0 e. The zero-order valence-electron chi connectivity index (χ0n) is 24.7. The number of pyridine rings is 2. The molecule has 3 heterocycles. The fourth-order valence-corrected chi connectivity index (χ4v) is 7.08. The van der Waals surface area contributed by atoms with Crippen molar-refractivity contribution in [3.8, 4) is 33.6 Å². The molecule has 0 bridgehead atoms. The van der Waals surface area contributed by atoms with Crippen LogP contribution in [0, 0.1) is 19.1 Å². The van der Waals surface area contributed by atoms with Crippen molar-refractivity contribution in [2.24, 2.45) is 0 Å². The quantitative estimate of drug-likeness (QED) is 0.132. The third-order valence-electron chi connectivity index (χ3n) is 7.32. The van der Waals surface area contributed by atoms with Gasteiger partial charge in [0.2, 0.25) is 0 Å². The van der Waals surface area contributed by atoms with Gasteiger partial charge in [0, 0.05) is 31.7 Å². The molecule has 0 fully saturated rings. The largest absolute Gasteiger partial charge is 0 e. The Morgan fingerprint density at radius 1 is 0.651 bits per heavy atom. The minimum Gasteiger partial charge on any atom is 0 e. The minimum atomic E-state index is -1.72. The number of aromatic nitrogens is 2. The van der Waals surface area contributed by atoms with Gasteiger partial charge in [0.1, 0.15) is 5.58 Å². The van der Waals surface area contributed by atoms with Gasteiger partial charge < -0.3 is 9.40 Å². The molecule has 0 spiro atoms. The molecule has 43 heavy (non-hydrogen) atoms. The van der Waals surface area contributed by atoms with Gasteiger partial charge in [-0.2, -0.15) is 0 Å². The van der Waals surface area contributed by atoms with Crippen LogP contribution >= 0.6 is 0 Å². The zero-order chi connectivity index (χ0) is 29.1. The van der Waals surface area contributed by atoms with E-state index in [1.165, 1.54) is 15.5 Å². The van der Waals surface area contributed by atoms with Crippen molar-refractivity contribution in [2.75, 3.05) is 0 Å². The summed E-state index contributed by atoms with van der Waals surface area (Å²) in [6.45, 7) is 2.07. The molecular formula is C38H32GeIrN2O-2. The fraction of sp³-hybridized carbons (Fsp3) is 0.105. The predicted octanol–water partition coefficient (Wildman–Crippen LogP) is 9.52. The van der Waals surface area contributed by atoms with Crippen LogP contribution in [0.2, 0.25) is 17.3 Å². The second-order valence-electron chi connectivity index (χ2n) is 11.5. The molecule has 0 aliphatic rings. The van der Waals surface area contributed by atoms with Crippen molar-refractivity contribution in [3.05, 3.63) is 139 Å². The van der Waals surface area contributed by atoms with E-state index in [-0.39, 0.29) is 20.1 Å². The van der Waals surface area contributed by atoms with Gasteiger partial charge in [-0.15, -0.1) is 23.8 Å². The Kier molecular flexibility index (Phi) is 9.41. The Balaban J connectivity index is 0.000000188. The van der Waals surface area contributed by atoms with Gasteiger partial charge in [-0.3, -0.25) is 0 Å². The number of rotatable bonds is 4. The second-order valence-corrected chi connectivity index (χ2v) is 22.1. The van der Waals surface area contributed by atoms with Crippen LogP contribution < -0.4 is 4.40 Å². The van der Waals surface area contributed by atoms with E-state index in [4.69, 9.17) is 4.42 Å². The number of hydrogen-bond acceptors (Lipinski definition) is 3. The molecule has 215 valence electrons. The van der Waals surface area contributed by atoms with Crippen LogP contribution in [0.4, 0.5) is 0 Å². The third-order valence-corrected chi connectivity index (χ3v) is 11.6. The molecule has 1 radical (unpaired) electrons. The Hall–Kier alpha value is -3.83. The van der Waals surface area contributed by atoms with E-state index in [1.807, 2.05) is 67.0 Å². The molecule has 0 atom stereocenters. The van der Waals surface area contributed by atoms with Crippen LogP contribution in [-0.2, 0) is 20.1 Å². The monoisotopic (exact) mass is 799 g/mol. The van der Waals surface area contributed by atoms with E-state index < -0.39 is 13.3 Å². The van der Waals surface area contributed by atoms with Gasteiger partial charge in [0.25, 0.3) is 0 Å². The Bertz CT molecular complexity index is 1960. The van der Waals surface area contributed by atoms with E-state index in [0.29, 0.717) is 0 Å². The number of benzene rings is 4. The first-order valence-electron chi connectivity index (χ1n) is 14.2. The molecule has 0 amide bonds. The molecule has 0 unspecified atom stereocenters. The maximum absolute atomic E-state index is 6.08. The summed E-state index contributed by atoms with van der Waals surface area (Å²) in [6, 6.07) is 43.6. The summed E-state index contributed by atoms with van der Waals surface area (Å²) in [7, 11) is 0. The molecule has 7 rings (SSSR count). The minimum absolute atomic E-state index is 0. The van der Waals surface area contributed by atoms with E-state index in [2.05, 4.69) is 101 Å². The molecular weight excluding hydrogens is 765 g/mol. The Labute approximate surface area is 269 Å². The summed E-state index contributed by atoms with van der Waals surface area (Å²) >= 11 is -1.72. The topological polar surface area (TPSA) is 38.9 Å². The molecule has 7 aromatic rings. The molecule has 0 saturated heterocycles. The maximum atomic E-state index is 6.08. The Morgan fingerprint density at radius 3 is 2.16 bits per heavy atom. The first-order chi connectivity index (χ1) is 20.3. The Morgan fingerprint density at radius 2 is 1.47 bits per heavy atom. The molecule has 0 N–H and O–H groups in total. The van der Waals surface area contributed by atoms with Crippen molar-refractivity contribution in [2.45, 2.75) is 24.2 Å². The van der Waals surface area contributed by atoms with Crippen molar-refractivity contribution in [1.29, 1.82) is 0 Å². The standard InChI is InChI=1S/C24H16NO.C14H16GeN.Ir/c1-16-11-12-25-22(13-16)19-8-10-23-21(14-19)20-9-7-18(15-24(20)26-23)17-5-3-2-4-6-17;1-15(2,3)13-9-10-14(16-11-13)12-7-5-4-6-8-12;/h2-7,9-15H,1H3;4-7,9-11H,1-3H3;/q2*-1;. The van der Waals surface area contributed by atoms with Gasteiger partial charge in [-0.25, -0.2) is 0 Å². The molecule has 0 aliphatic heterocycles. The average molecular weight is 798 g/mol. The summed E-state index contributed by atoms with van der Waals surface area (Å²) in [5.74, 6) is 7.14. The van der Waals surface area contributed by atoms with Gasteiger partial charge in [-0.05, 0) is 35.9 Å². The van der Waals surface area contributed by atoms with Crippen molar-refractivity contribution in [3.63, 3.8) is 0 Å². The maximum Gasteiger partial charge on any atom is 0 e. The summed E-state index contributed by atoms with van der Waals surface area (Å²) in [4.78, 5) is 9.00. The molecule has 0 aliphatic carbocycles. The normalized spacial score (nSPS) is 11.1. The van der Waals surface area contributed by atoms with Crippen LogP contribution in [0.25, 0.3) is 55.6 Å². The van der Waals surface area contributed by atoms with Crippen LogP contribution in [0.5, 0.6) is 0 Å². The number of furan rings is 1. The second kappa shape index (κ2) is 13.2. The van der Waals surface area contributed by atoms with Gasteiger partial charge in [0.05, 0.1) is 5.58 Å². The number of aryl methyl sites for hydroxylation is 1. The number of nitrogens with zero attached hydrogens (tertiary/aromatic N) is 2. The summed E-state index contributed by atoms with van der Waals surface area (Å²) < 4.78 is 7.52. The summed E-state index contributed by atoms with van der Waals surface area (Å²) in [5, 5.41) is 2.21.